The van der Waals surface area contributed by atoms with Crippen molar-refractivity contribution in [1.82, 2.24) is 0 Å². The fourth-order valence-corrected chi connectivity index (χ4v) is 4.43. The fraction of sp³-hybridized carbons (Fsp3) is 0.0909. The average Bonchev–Trinajstić information content (AvgIpc) is 3.12. The summed E-state index contributed by atoms with van der Waals surface area (Å²) >= 11 is 16.9. The SMILES string of the molecule is CCOC(=O)c1c(-c2ccc(Br)cc2)csc1NC(=O)C=Cc1c(Cl)cccc1Cl. The van der Waals surface area contributed by atoms with Crippen molar-refractivity contribution < 1.29 is 14.3 Å². The molecule has 2 aromatic carbocycles. The van der Waals surface area contributed by atoms with E-state index in [2.05, 4.69) is 21.2 Å². The Morgan fingerprint density at radius 2 is 1.80 bits per heavy atom. The van der Waals surface area contributed by atoms with Gasteiger partial charge in [0.15, 0.2) is 0 Å². The maximum Gasteiger partial charge on any atom is 0.341 e. The second-order valence-corrected chi connectivity index (χ2v) is 8.65. The average molecular weight is 525 g/mol. The van der Waals surface area contributed by atoms with Crippen LogP contribution >= 0.6 is 50.5 Å². The topological polar surface area (TPSA) is 55.4 Å². The van der Waals surface area contributed by atoms with Crippen LogP contribution in [0.4, 0.5) is 5.00 Å². The van der Waals surface area contributed by atoms with E-state index in [1.54, 1.807) is 25.1 Å². The molecule has 30 heavy (non-hydrogen) atoms. The maximum absolute atomic E-state index is 12.6. The van der Waals surface area contributed by atoms with E-state index in [0.717, 1.165) is 10.0 Å². The van der Waals surface area contributed by atoms with Crippen LogP contribution in [-0.4, -0.2) is 18.5 Å². The molecule has 3 rings (SSSR count). The van der Waals surface area contributed by atoms with Gasteiger partial charge < -0.3 is 10.1 Å². The molecule has 0 unspecified atom stereocenters. The van der Waals surface area contributed by atoms with Gasteiger partial charge in [-0.2, -0.15) is 0 Å². The first-order chi connectivity index (χ1) is 14.4. The quantitative estimate of drug-likeness (QED) is 0.271. The van der Waals surface area contributed by atoms with E-state index >= 15 is 0 Å². The van der Waals surface area contributed by atoms with Crippen LogP contribution in [0.2, 0.25) is 10.0 Å². The number of nitrogens with one attached hydrogen (secondary N) is 1. The first-order valence-corrected chi connectivity index (χ1v) is 11.3. The zero-order valence-corrected chi connectivity index (χ0v) is 19.7. The van der Waals surface area contributed by atoms with Crippen molar-refractivity contribution in [3.8, 4) is 11.1 Å². The lowest BCUT2D eigenvalue weighted by atomic mass is 10.0. The van der Waals surface area contributed by atoms with E-state index in [-0.39, 0.29) is 6.61 Å². The summed E-state index contributed by atoms with van der Waals surface area (Å²) in [6, 6.07) is 12.6. The highest BCUT2D eigenvalue weighted by Crippen LogP contribution is 2.36. The molecule has 1 N–H and O–H groups in total. The lowest BCUT2D eigenvalue weighted by Gasteiger charge is -2.08. The van der Waals surface area contributed by atoms with Gasteiger partial charge in [0.25, 0.3) is 0 Å². The number of amides is 1. The smallest absolute Gasteiger partial charge is 0.341 e. The van der Waals surface area contributed by atoms with Gasteiger partial charge in [-0.05, 0) is 42.8 Å². The standard InChI is InChI=1S/C22H16BrCl2NO3S/c1-2-29-22(28)20-16(13-6-8-14(23)9-7-13)12-30-21(20)26-19(27)11-10-15-17(24)4-3-5-18(15)25/h3-12H,2H2,1H3,(H,26,27). The molecule has 1 heterocycles. The molecule has 0 aliphatic heterocycles. The van der Waals surface area contributed by atoms with E-state index in [1.165, 1.54) is 23.5 Å². The molecule has 0 radical (unpaired) electrons. The van der Waals surface area contributed by atoms with Crippen molar-refractivity contribution in [3.05, 3.63) is 79.6 Å². The van der Waals surface area contributed by atoms with Gasteiger partial charge in [-0.25, -0.2) is 4.79 Å². The predicted molar refractivity (Wildman–Crippen MR) is 128 cm³/mol. The molecule has 0 bridgehead atoms. The van der Waals surface area contributed by atoms with E-state index in [0.29, 0.717) is 31.7 Å². The lowest BCUT2D eigenvalue weighted by molar-refractivity contribution is -0.111. The minimum absolute atomic E-state index is 0.229. The van der Waals surface area contributed by atoms with Gasteiger partial charge in [0, 0.05) is 37.1 Å². The number of anilines is 1. The second kappa shape index (κ2) is 10.3. The van der Waals surface area contributed by atoms with Crippen LogP contribution in [0.25, 0.3) is 17.2 Å². The summed E-state index contributed by atoms with van der Waals surface area (Å²) in [6.45, 7) is 1.96. The summed E-state index contributed by atoms with van der Waals surface area (Å²) in [5.74, 6) is -0.911. The Morgan fingerprint density at radius 3 is 2.43 bits per heavy atom. The van der Waals surface area contributed by atoms with E-state index in [4.69, 9.17) is 27.9 Å². The summed E-state index contributed by atoms with van der Waals surface area (Å²) in [4.78, 5) is 25.1. The third-order valence-electron chi connectivity index (χ3n) is 4.06. The van der Waals surface area contributed by atoms with Gasteiger partial charge in [0.2, 0.25) is 5.91 Å². The van der Waals surface area contributed by atoms with Crippen LogP contribution in [-0.2, 0) is 9.53 Å². The number of thiophene rings is 1. The lowest BCUT2D eigenvalue weighted by Crippen LogP contribution is -2.12. The van der Waals surface area contributed by atoms with Crippen molar-refractivity contribution in [2.75, 3.05) is 11.9 Å². The fourth-order valence-electron chi connectivity index (χ4n) is 2.68. The first-order valence-electron chi connectivity index (χ1n) is 8.88. The highest BCUT2D eigenvalue weighted by atomic mass is 79.9. The zero-order chi connectivity index (χ0) is 21.7. The van der Waals surface area contributed by atoms with Crippen LogP contribution in [0, 0.1) is 0 Å². The molecule has 8 heteroatoms. The number of carbonyl (C=O) groups excluding carboxylic acids is 2. The number of rotatable bonds is 6. The third kappa shape index (κ3) is 5.32. The molecular weight excluding hydrogens is 509 g/mol. The highest BCUT2D eigenvalue weighted by molar-refractivity contribution is 9.10. The summed E-state index contributed by atoms with van der Waals surface area (Å²) in [6.07, 6.45) is 2.86. The van der Waals surface area contributed by atoms with E-state index < -0.39 is 11.9 Å². The molecule has 1 amide bonds. The van der Waals surface area contributed by atoms with Crippen molar-refractivity contribution in [2.24, 2.45) is 0 Å². The van der Waals surface area contributed by atoms with Crippen LogP contribution < -0.4 is 5.32 Å². The van der Waals surface area contributed by atoms with Crippen molar-refractivity contribution in [1.29, 1.82) is 0 Å². The monoisotopic (exact) mass is 523 g/mol. The molecular formula is C22H16BrCl2NO3S. The number of hydrogen-bond donors (Lipinski definition) is 1. The number of esters is 1. The Bertz CT molecular complexity index is 1090. The zero-order valence-electron chi connectivity index (χ0n) is 15.7. The van der Waals surface area contributed by atoms with Gasteiger partial charge in [-0.3, -0.25) is 4.79 Å². The Morgan fingerprint density at radius 1 is 1.13 bits per heavy atom. The van der Waals surface area contributed by atoms with Crippen LogP contribution in [0.15, 0.2) is 58.4 Å². The Balaban J connectivity index is 1.90. The van der Waals surface area contributed by atoms with Gasteiger partial charge in [0.1, 0.15) is 10.6 Å². The molecule has 0 aliphatic rings. The molecule has 1 aromatic heterocycles. The van der Waals surface area contributed by atoms with E-state index in [1.807, 2.05) is 29.6 Å². The molecule has 0 fully saturated rings. The molecule has 4 nitrogen and oxygen atoms in total. The number of ether oxygens (including phenoxy) is 1. The van der Waals surface area contributed by atoms with E-state index in [9.17, 15) is 9.59 Å². The van der Waals surface area contributed by atoms with Gasteiger partial charge in [-0.15, -0.1) is 11.3 Å². The molecule has 0 atom stereocenters. The van der Waals surface area contributed by atoms with Crippen LogP contribution in [0.5, 0.6) is 0 Å². The minimum Gasteiger partial charge on any atom is -0.462 e. The summed E-state index contributed by atoms with van der Waals surface area (Å²) in [5.41, 5.74) is 2.40. The number of benzene rings is 2. The third-order valence-corrected chi connectivity index (χ3v) is 6.15. The minimum atomic E-state index is -0.495. The Labute approximate surface area is 196 Å². The van der Waals surface area contributed by atoms with Gasteiger partial charge >= 0.3 is 5.97 Å². The summed E-state index contributed by atoms with van der Waals surface area (Å²) < 4.78 is 6.14. The number of hydrogen-bond acceptors (Lipinski definition) is 4. The van der Waals surface area contributed by atoms with Gasteiger partial charge in [-0.1, -0.05) is 57.3 Å². The van der Waals surface area contributed by atoms with Crippen molar-refractivity contribution in [3.63, 3.8) is 0 Å². The second-order valence-electron chi connectivity index (χ2n) is 6.04. The van der Waals surface area contributed by atoms with Crippen molar-refractivity contribution >= 4 is 73.4 Å². The molecule has 154 valence electrons. The normalized spacial score (nSPS) is 10.9. The van der Waals surface area contributed by atoms with Crippen molar-refractivity contribution in [2.45, 2.75) is 6.92 Å². The molecule has 0 saturated heterocycles. The largest absolute Gasteiger partial charge is 0.462 e. The Kier molecular flexibility index (Phi) is 7.72. The highest BCUT2D eigenvalue weighted by Gasteiger charge is 2.22. The molecule has 0 spiro atoms. The summed E-state index contributed by atoms with van der Waals surface area (Å²) in [5, 5.41) is 5.86. The molecule has 3 aromatic rings. The molecule has 0 saturated carbocycles. The first kappa shape index (κ1) is 22.6. The predicted octanol–water partition coefficient (Wildman–Crippen LogP) is 7.31. The number of halogens is 3. The Hall–Kier alpha value is -2.12. The maximum atomic E-state index is 12.6. The van der Waals surface area contributed by atoms with Gasteiger partial charge in [0.05, 0.1) is 6.61 Å². The molecule has 0 aliphatic carbocycles. The number of carbonyl (C=O) groups is 2. The van der Waals surface area contributed by atoms with Crippen LogP contribution in [0.3, 0.4) is 0 Å². The summed E-state index contributed by atoms with van der Waals surface area (Å²) in [7, 11) is 0. The van der Waals surface area contributed by atoms with Crippen LogP contribution in [0.1, 0.15) is 22.8 Å².